The number of phenols is 1. The Kier molecular flexibility index (Phi) is 7.87. The van der Waals surface area contributed by atoms with Gasteiger partial charge in [-0.1, -0.05) is 13.8 Å². The number of aromatic hydroxyl groups is 1. The highest BCUT2D eigenvalue weighted by molar-refractivity contribution is 5.85. The summed E-state index contributed by atoms with van der Waals surface area (Å²) in [7, 11) is 0. The van der Waals surface area contributed by atoms with Gasteiger partial charge < -0.3 is 25.5 Å². The van der Waals surface area contributed by atoms with Crippen LogP contribution in [-0.4, -0.2) is 65.8 Å². The van der Waals surface area contributed by atoms with E-state index in [0.29, 0.717) is 5.95 Å². The molecule has 2 saturated heterocycles. The summed E-state index contributed by atoms with van der Waals surface area (Å²) in [5.41, 5.74) is 3.91. The highest BCUT2D eigenvalue weighted by atomic mass is 16.3. The molecule has 3 aromatic rings. The van der Waals surface area contributed by atoms with Crippen LogP contribution in [0.5, 0.6) is 5.75 Å². The van der Waals surface area contributed by atoms with Crippen molar-refractivity contribution in [3.63, 3.8) is 0 Å². The molecule has 1 aromatic heterocycles. The van der Waals surface area contributed by atoms with Crippen molar-refractivity contribution in [1.29, 1.82) is 0 Å². The number of benzene rings is 2. The van der Waals surface area contributed by atoms with Gasteiger partial charge in [-0.3, -0.25) is 0 Å². The third-order valence-electron chi connectivity index (χ3n) is 7.75. The number of anilines is 3. The molecule has 36 heavy (non-hydrogen) atoms. The summed E-state index contributed by atoms with van der Waals surface area (Å²) in [6.45, 7) is 12.4. The van der Waals surface area contributed by atoms with Crippen LogP contribution >= 0.6 is 0 Å². The molecule has 2 aliphatic heterocycles. The number of piperidine rings is 1. The molecule has 0 aliphatic carbocycles. The summed E-state index contributed by atoms with van der Waals surface area (Å²) in [6, 6.07) is 12.2. The van der Waals surface area contributed by atoms with E-state index in [1.807, 2.05) is 12.3 Å². The molecule has 3 heterocycles. The van der Waals surface area contributed by atoms with Crippen molar-refractivity contribution in [1.82, 2.24) is 20.2 Å². The Hall–Kier alpha value is -2.90. The van der Waals surface area contributed by atoms with Gasteiger partial charge in [0, 0.05) is 67.8 Å². The summed E-state index contributed by atoms with van der Waals surface area (Å²) in [6.07, 6.45) is 7.09. The third-order valence-corrected chi connectivity index (χ3v) is 7.75. The lowest BCUT2D eigenvalue weighted by atomic mass is 9.92. The number of hydrogen-bond acceptors (Lipinski definition) is 7. The quantitative estimate of drug-likeness (QED) is 0.407. The maximum absolute atomic E-state index is 10.3. The molecule has 7 heteroatoms. The second-order valence-electron chi connectivity index (χ2n) is 10.6. The molecule has 192 valence electrons. The fourth-order valence-electron chi connectivity index (χ4n) is 5.64. The van der Waals surface area contributed by atoms with Gasteiger partial charge in [0.05, 0.1) is 5.52 Å². The minimum absolute atomic E-state index is 0.173. The van der Waals surface area contributed by atoms with Crippen LogP contribution in [0.15, 0.2) is 42.6 Å². The molecule has 7 nitrogen and oxygen atoms in total. The van der Waals surface area contributed by atoms with Crippen molar-refractivity contribution in [2.75, 3.05) is 56.0 Å². The number of nitrogens with one attached hydrogen (secondary N) is 2. The van der Waals surface area contributed by atoms with E-state index in [-0.39, 0.29) is 11.7 Å². The monoisotopic (exact) mass is 488 g/mol. The molecule has 0 saturated carbocycles. The summed E-state index contributed by atoms with van der Waals surface area (Å²) in [5, 5.41) is 18.0. The predicted molar refractivity (Wildman–Crippen MR) is 148 cm³/mol. The van der Waals surface area contributed by atoms with Crippen molar-refractivity contribution in [2.45, 2.75) is 45.4 Å². The van der Waals surface area contributed by atoms with Crippen LogP contribution in [-0.2, 0) is 0 Å². The maximum atomic E-state index is 10.3. The minimum Gasteiger partial charge on any atom is -0.508 e. The first-order valence-corrected chi connectivity index (χ1v) is 13.6. The van der Waals surface area contributed by atoms with E-state index >= 15 is 0 Å². The molecule has 3 N–H and O–H groups in total. The van der Waals surface area contributed by atoms with Crippen LogP contribution in [0.1, 0.15) is 51.0 Å². The van der Waals surface area contributed by atoms with Crippen molar-refractivity contribution in [3.8, 4) is 5.75 Å². The van der Waals surface area contributed by atoms with E-state index in [0.717, 1.165) is 54.3 Å². The summed E-state index contributed by atoms with van der Waals surface area (Å²) >= 11 is 0. The fourth-order valence-corrected chi connectivity index (χ4v) is 5.64. The van der Waals surface area contributed by atoms with Crippen molar-refractivity contribution in [3.05, 3.63) is 48.2 Å². The number of hydrogen-bond donors (Lipinski definition) is 3. The Morgan fingerprint density at radius 2 is 1.78 bits per heavy atom. The predicted octanol–water partition coefficient (Wildman–Crippen LogP) is 5.10. The number of phenolic OH excluding ortho intramolecular Hbond substituents is 1. The summed E-state index contributed by atoms with van der Waals surface area (Å²) < 4.78 is 0. The number of nitrogens with zero attached hydrogens (tertiary/aromatic N) is 4. The van der Waals surface area contributed by atoms with E-state index in [4.69, 9.17) is 4.98 Å². The average molecular weight is 489 g/mol. The Bertz CT molecular complexity index is 1130. The van der Waals surface area contributed by atoms with Gasteiger partial charge in [-0.2, -0.15) is 0 Å². The van der Waals surface area contributed by atoms with E-state index in [1.165, 1.54) is 51.0 Å². The van der Waals surface area contributed by atoms with Crippen LogP contribution in [0.2, 0.25) is 0 Å². The summed E-state index contributed by atoms with van der Waals surface area (Å²) in [5.74, 6) is 1.87. The van der Waals surface area contributed by atoms with Gasteiger partial charge in [0.25, 0.3) is 0 Å². The van der Waals surface area contributed by atoms with Crippen LogP contribution < -0.4 is 15.5 Å². The molecule has 0 unspecified atom stereocenters. The lowest BCUT2D eigenvalue weighted by Crippen LogP contribution is -2.43. The van der Waals surface area contributed by atoms with E-state index in [2.05, 4.69) is 63.5 Å². The Morgan fingerprint density at radius 3 is 2.50 bits per heavy atom. The first-order valence-electron chi connectivity index (χ1n) is 13.6. The highest BCUT2D eigenvalue weighted by Gasteiger charge is 2.20. The molecule has 2 aliphatic rings. The van der Waals surface area contributed by atoms with Gasteiger partial charge in [-0.05, 0) is 80.5 Å². The molecule has 0 radical (unpaired) electrons. The zero-order valence-corrected chi connectivity index (χ0v) is 21.7. The zero-order chi connectivity index (χ0) is 24.9. The molecule has 0 bridgehead atoms. The molecule has 2 fully saturated rings. The topological polar surface area (TPSA) is 76.6 Å². The molecule has 0 atom stereocenters. The van der Waals surface area contributed by atoms with Gasteiger partial charge in [0.15, 0.2) is 0 Å². The average Bonchev–Trinajstić information content (AvgIpc) is 2.90. The lowest BCUT2D eigenvalue weighted by Gasteiger charge is -2.34. The van der Waals surface area contributed by atoms with Crippen LogP contribution in [0, 0.1) is 5.92 Å². The van der Waals surface area contributed by atoms with E-state index < -0.39 is 0 Å². The first-order chi connectivity index (χ1) is 17.6. The second kappa shape index (κ2) is 11.4. The SMILES string of the molecule is CC(C)c1c(O)ccc2cnc(Nc3ccc(N4CCC(CCCN5CCNCC5)CC4)cc3)nc12. The van der Waals surface area contributed by atoms with Crippen LogP contribution in [0.4, 0.5) is 17.3 Å². The Morgan fingerprint density at radius 1 is 1.03 bits per heavy atom. The molecule has 2 aromatic carbocycles. The van der Waals surface area contributed by atoms with Crippen molar-refractivity contribution >= 4 is 28.2 Å². The van der Waals surface area contributed by atoms with Crippen molar-refractivity contribution in [2.24, 2.45) is 5.92 Å². The van der Waals surface area contributed by atoms with Crippen molar-refractivity contribution < 1.29 is 5.11 Å². The number of rotatable bonds is 8. The first kappa shape index (κ1) is 24.8. The van der Waals surface area contributed by atoms with Crippen LogP contribution in [0.25, 0.3) is 10.9 Å². The molecule has 5 rings (SSSR count). The molecule has 0 spiro atoms. The maximum Gasteiger partial charge on any atom is 0.227 e. The highest BCUT2D eigenvalue weighted by Crippen LogP contribution is 2.33. The van der Waals surface area contributed by atoms with Gasteiger partial charge in [0.2, 0.25) is 5.95 Å². The lowest BCUT2D eigenvalue weighted by molar-refractivity contribution is 0.227. The molecular weight excluding hydrogens is 448 g/mol. The molecular formula is C29H40N6O. The summed E-state index contributed by atoms with van der Waals surface area (Å²) in [4.78, 5) is 14.3. The Labute approximate surface area is 214 Å². The van der Waals surface area contributed by atoms with Crippen LogP contribution in [0.3, 0.4) is 0 Å². The van der Waals surface area contributed by atoms with Gasteiger partial charge in [0.1, 0.15) is 5.75 Å². The third kappa shape index (κ3) is 5.90. The largest absolute Gasteiger partial charge is 0.508 e. The zero-order valence-electron chi connectivity index (χ0n) is 21.7. The smallest absolute Gasteiger partial charge is 0.227 e. The standard InChI is InChI=1S/C29H40N6O/c1-21(2)27-26(36)10-5-23-20-31-29(33-28(23)27)32-24-6-8-25(9-7-24)35-16-11-22(12-17-35)4-3-15-34-18-13-30-14-19-34/h5-10,20-22,30,36H,3-4,11-19H2,1-2H3,(H,31,32,33). The number of piperazine rings is 1. The van der Waals surface area contributed by atoms with Gasteiger partial charge in [-0.15, -0.1) is 0 Å². The van der Waals surface area contributed by atoms with Gasteiger partial charge >= 0.3 is 0 Å². The molecule has 0 amide bonds. The second-order valence-corrected chi connectivity index (χ2v) is 10.6. The fraction of sp³-hybridized carbons (Fsp3) is 0.517. The minimum atomic E-state index is 0.173. The van der Waals surface area contributed by atoms with E-state index in [9.17, 15) is 5.11 Å². The number of fused-ring (bicyclic) bond motifs is 1. The normalized spacial score (nSPS) is 17.7. The number of aromatic nitrogens is 2. The van der Waals surface area contributed by atoms with E-state index in [1.54, 1.807) is 6.07 Å². The van der Waals surface area contributed by atoms with Gasteiger partial charge in [-0.25, -0.2) is 9.97 Å². The Balaban J connectivity index is 1.14.